The molecule has 0 aromatic carbocycles. The summed E-state index contributed by atoms with van der Waals surface area (Å²) in [6, 6.07) is 3.92. The lowest BCUT2D eigenvalue weighted by Crippen LogP contribution is -2.46. The maximum absolute atomic E-state index is 6.21. The zero-order chi connectivity index (χ0) is 13.1. The first-order valence-corrected chi connectivity index (χ1v) is 6.52. The zero-order valence-corrected chi connectivity index (χ0v) is 12.5. The van der Waals surface area contributed by atoms with Gasteiger partial charge in [0.15, 0.2) is 0 Å². The third-order valence-electron chi connectivity index (χ3n) is 2.73. The third-order valence-corrected chi connectivity index (χ3v) is 3.20. The second-order valence-corrected chi connectivity index (χ2v) is 6.27. The van der Waals surface area contributed by atoms with E-state index in [9.17, 15) is 0 Å². The number of pyridine rings is 1. The molecule has 0 aliphatic rings. The number of hydrogen-bond donors (Lipinski definition) is 1. The molecule has 2 N–H and O–H groups in total. The predicted molar refractivity (Wildman–Crippen MR) is 73.9 cm³/mol. The van der Waals surface area contributed by atoms with Gasteiger partial charge in [0.1, 0.15) is 0 Å². The Morgan fingerprint density at radius 3 is 2.47 bits per heavy atom. The van der Waals surface area contributed by atoms with Crippen molar-refractivity contribution >= 4 is 15.9 Å². The lowest BCUT2D eigenvalue weighted by molar-refractivity contribution is -0.00184. The van der Waals surface area contributed by atoms with E-state index in [1.165, 1.54) is 0 Å². The van der Waals surface area contributed by atoms with Crippen LogP contribution in [0, 0.1) is 5.41 Å². The summed E-state index contributed by atoms with van der Waals surface area (Å²) < 4.78 is 6.49. The average Bonchev–Trinajstić information content (AvgIpc) is 2.20. The van der Waals surface area contributed by atoms with Crippen molar-refractivity contribution in [1.82, 2.24) is 4.98 Å². The van der Waals surface area contributed by atoms with Gasteiger partial charge in [-0.25, -0.2) is 0 Å². The van der Waals surface area contributed by atoms with E-state index in [0.29, 0.717) is 0 Å². The molecule has 2 unspecified atom stereocenters. The highest BCUT2D eigenvalue weighted by atomic mass is 79.9. The van der Waals surface area contributed by atoms with E-state index >= 15 is 0 Å². The molecule has 2 atom stereocenters. The summed E-state index contributed by atoms with van der Waals surface area (Å²) in [4.78, 5) is 4.33. The van der Waals surface area contributed by atoms with Gasteiger partial charge in [0.05, 0.1) is 6.10 Å². The summed E-state index contributed by atoms with van der Waals surface area (Å²) in [6.07, 6.45) is 2.54. The Bertz CT molecular complexity index is 345. The largest absolute Gasteiger partial charge is 0.379 e. The van der Waals surface area contributed by atoms with E-state index in [2.05, 4.69) is 41.7 Å². The lowest BCUT2D eigenvalue weighted by Gasteiger charge is -2.33. The molecule has 0 aliphatic heterocycles. The van der Waals surface area contributed by atoms with E-state index in [1.807, 2.05) is 12.1 Å². The highest BCUT2D eigenvalue weighted by molar-refractivity contribution is 9.10. The molecule has 1 heterocycles. The van der Waals surface area contributed by atoms with Crippen molar-refractivity contribution in [3.05, 3.63) is 28.5 Å². The number of nitrogens with zero attached hydrogens (tertiary/aromatic N) is 1. The van der Waals surface area contributed by atoms with Crippen LogP contribution in [0.25, 0.3) is 0 Å². The maximum Gasteiger partial charge on any atom is 0.0774 e. The number of methoxy groups -OCH3 is 1. The SMILES string of the molecule is COC(C(N)Cc1ccc(Br)cn1)C(C)(C)C. The molecule has 0 fully saturated rings. The van der Waals surface area contributed by atoms with Crippen LogP contribution in [0.1, 0.15) is 26.5 Å². The molecule has 4 heteroatoms. The predicted octanol–water partition coefficient (Wildman–Crippen LogP) is 2.78. The first-order chi connectivity index (χ1) is 7.84. The lowest BCUT2D eigenvalue weighted by atomic mass is 9.83. The normalized spacial score (nSPS) is 15.6. The average molecular weight is 301 g/mol. The van der Waals surface area contributed by atoms with Gasteiger partial charge in [0.25, 0.3) is 0 Å². The fraction of sp³-hybridized carbons (Fsp3) is 0.615. The topological polar surface area (TPSA) is 48.1 Å². The molecule has 0 radical (unpaired) electrons. The zero-order valence-electron chi connectivity index (χ0n) is 10.9. The Labute approximate surface area is 112 Å². The molecule has 0 bridgehead atoms. The summed E-state index contributed by atoms with van der Waals surface area (Å²) in [5.41, 5.74) is 7.23. The van der Waals surface area contributed by atoms with Crippen molar-refractivity contribution in [3.63, 3.8) is 0 Å². The van der Waals surface area contributed by atoms with Crippen molar-refractivity contribution in [2.75, 3.05) is 7.11 Å². The minimum absolute atomic E-state index is 0.0212. The van der Waals surface area contributed by atoms with Crippen LogP contribution in [0.2, 0.25) is 0 Å². The molecule has 3 nitrogen and oxygen atoms in total. The fourth-order valence-electron chi connectivity index (χ4n) is 2.05. The second kappa shape index (κ2) is 5.94. The Hall–Kier alpha value is -0.450. The van der Waals surface area contributed by atoms with Crippen LogP contribution in [0.15, 0.2) is 22.8 Å². The van der Waals surface area contributed by atoms with Crippen molar-refractivity contribution in [2.45, 2.75) is 39.3 Å². The van der Waals surface area contributed by atoms with Gasteiger partial charge in [0, 0.05) is 35.9 Å². The van der Waals surface area contributed by atoms with Crippen LogP contribution in [-0.4, -0.2) is 24.2 Å². The number of rotatable bonds is 4. The minimum Gasteiger partial charge on any atom is -0.379 e. The first-order valence-electron chi connectivity index (χ1n) is 5.73. The molecule has 0 aliphatic carbocycles. The van der Waals surface area contributed by atoms with E-state index in [0.717, 1.165) is 16.6 Å². The van der Waals surface area contributed by atoms with Gasteiger partial charge in [-0.3, -0.25) is 4.98 Å². The van der Waals surface area contributed by atoms with Crippen molar-refractivity contribution in [3.8, 4) is 0 Å². The van der Waals surface area contributed by atoms with Crippen molar-refractivity contribution in [1.29, 1.82) is 0 Å². The first kappa shape index (κ1) is 14.6. The highest BCUT2D eigenvalue weighted by Crippen LogP contribution is 2.25. The van der Waals surface area contributed by atoms with Gasteiger partial charge >= 0.3 is 0 Å². The van der Waals surface area contributed by atoms with Gasteiger partial charge in [-0.15, -0.1) is 0 Å². The fourth-order valence-corrected chi connectivity index (χ4v) is 2.28. The summed E-state index contributed by atoms with van der Waals surface area (Å²) in [5.74, 6) is 0. The summed E-state index contributed by atoms with van der Waals surface area (Å²) >= 11 is 3.37. The summed E-state index contributed by atoms with van der Waals surface area (Å²) in [6.45, 7) is 6.40. The van der Waals surface area contributed by atoms with Crippen LogP contribution < -0.4 is 5.73 Å². The van der Waals surface area contributed by atoms with E-state index < -0.39 is 0 Å². The third kappa shape index (κ3) is 4.37. The summed E-state index contributed by atoms with van der Waals surface area (Å²) in [5, 5.41) is 0. The van der Waals surface area contributed by atoms with Crippen LogP contribution in [-0.2, 0) is 11.2 Å². The number of ether oxygens (including phenoxy) is 1. The van der Waals surface area contributed by atoms with Crippen LogP contribution in [0.4, 0.5) is 0 Å². The number of hydrogen-bond acceptors (Lipinski definition) is 3. The molecular formula is C13H21BrN2O. The molecule has 17 heavy (non-hydrogen) atoms. The van der Waals surface area contributed by atoms with Crippen LogP contribution in [0.5, 0.6) is 0 Å². The monoisotopic (exact) mass is 300 g/mol. The van der Waals surface area contributed by atoms with E-state index in [1.54, 1.807) is 13.3 Å². The Morgan fingerprint density at radius 2 is 2.06 bits per heavy atom. The van der Waals surface area contributed by atoms with Gasteiger partial charge in [-0.2, -0.15) is 0 Å². The standard InChI is InChI=1S/C13H21BrN2O/c1-13(2,3)12(17-4)11(15)7-10-6-5-9(14)8-16-10/h5-6,8,11-12H,7,15H2,1-4H3. The maximum atomic E-state index is 6.21. The molecule has 0 spiro atoms. The van der Waals surface area contributed by atoms with Gasteiger partial charge in [0.2, 0.25) is 0 Å². The van der Waals surface area contributed by atoms with E-state index in [4.69, 9.17) is 10.5 Å². The van der Waals surface area contributed by atoms with Crippen LogP contribution >= 0.6 is 15.9 Å². The quantitative estimate of drug-likeness (QED) is 0.930. The number of nitrogens with two attached hydrogens (primary N) is 1. The van der Waals surface area contributed by atoms with Gasteiger partial charge in [-0.05, 0) is 33.5 Å². The van der Waals surface area contributed by atoms with E-state index in [-0.39, 0.29) is 17.6 Å². The number of aromatic nitrogens is 1. The van der Waals surface area contributed by atoms with Gasteiger partial charge < -0.3 is 10.5 Å². The molecule has 1 rings (SSSR count). The Morgan fingerprint density at radius 1 is 1.41 bits per heavy atom. The second-order valence-electron chi connectivity index (χ2n) is 5.36. The minimum atomic E-state index is -0.0475. The summed E-state index contributed by atoms with van der Waals surface area (Å²) in [7, 11) is 1.71. The molecule has 1 aromatic rings. The van der Waals surface area contributed by atoms with Crippen molar-refractivity contribution < 1.29 is 4.74 Å². The van der Waals surface area contributed by atoms with Crippen molar-refractivity contribution in [2.24, 2.45) is 11.1 Å². The Kier molecular flexibility index (Phi) is 5.10. The molecule has 0 saturated heterocycles. The molecule has 0 amide bonds. The molecular weight excluding hydrogens is 280 g/mol. The van der Waals surface area contributed by atoms with Gasteiger partial charge in [-0.1, -0.05) is 20.8 Å². The van der Waals surface area contributed by atoms with Crippen LogP contribution in [0.3, 0.4) is 0 Å². The number of halogens is 1. The smallest absolute Gasteiger partial charge is 0.0774 e. The molecule has 1 aromatic heterocycles. The highest BCUT2D eigenvalue weighted by Gasteiger charge is 2.30. The molecule has 0 saturated carbocycles. The Balaban J connectivity index is 2.70. The molecule has 96 valence electrons.